The van der Waals surface area contributed by atoms with Gasteiger partial charge in [-0.15, -0.1) is 0 Å². The number of aliphatic hydroxyl groups is 2. The fourth-order valence-corrected chi connectivity index (χ4v) is 4.11. The number of hydrogen-bond donors (Lipinski definition) is 2. The maximum atomic E-state index is 12.9. The molecule has 1 aliphatic heterocycles. The Kier molecular flexibility index (Phi) is 8.78. The second kappa shape index (κ2) is 10.8. The van der Waals surface area contributed by atoms with Gasteiger partial charge in [0.1, 0.15) is 0 Å². The number of aliphatic hydroxyl groups excluding tert-OH is 1. The van der Waals surface area contributed by atoms with E-state index in [1.165, 1.54) is 51.4 Å². The van der Waals surface area contributed by atoms with E-state index in [0.717, 1.165) is 18.5 Å². The molecule has 1 aliphatic rings. The van der Waals surface area contributed by atoms with E-state index < -0.39 is 11.7 Å². The lowest BCUT2D eigenvalue weighted by atomic mass is 9.90. The van der Waals surface area contributed by atoms with Gasteiger partial charge in [0.25, 0.3) is 5.91 Å². The molecule has 2 atom stereocenters. The molecule has 0 bridgehead atoms. The average molecular weight is 376 g/mol. The Bertz CT molecular complexity index is 587. The molecule has 0 saturated carbocycles. The number of rotatable bonds is 13. The summed E-state index contributed by atoms with van der Waals surface area (Å²) in [6.07, 6.45) is 11.8. The van der Waals surface area contributed by atoms with Crippen LogP contribution in [0.3, 0.4) is 0 Å². The summed E-state index contributed by atoms with van der Waals surface area (Å²) in [7, 11) is 0. The number of nitrogens with zero attached hydrogens (tertiary/aromatic N) is 1. The molecule has 4 nitrogen and oxygen atoms in total. The first kappa shape index (κ1) is 21.9. The third-order valence-electron chi connectivity index (χ3n) is 5.57. The second-order valence-electron chi connectivity index (χ2n) is 8.07. The molecular weight excluding hydrogens is 338 g/mol. The van der Waals surface area contributed by atoms with Gasteiger partial charge in [-0.3, -0.25) is 4.79 Å². The number of para-hydroxylation sites is 1. The lowest BCUT2D eigenvalue weighted by Crippen LogP contribution is -2.42. The van der Waals surface area contributed by atoms with Crippen LogP contribution in [0.4, 0.5) is 5.69 Å². The highest BCUT2D eigenvalue weighted by Gasteiger charge is 2.49. The molecule has 0 aliphatic carbocycles. The Hall–Kier alpha value is -1.39. The topological polar surface area (TPSA) is 60.8 Å². The molecule has 1 aromatic carbocycles. The predicted molar refractivity (Wildman–Crippen MR) is 111 cm³/mol. The molecule has 1 aromatic rings. The van der Waals surface area contributed by atoms with Crippen molar-refractivity contribution < 1.29 is 15.0 Å². The molecule has 0 fully saturated rings. The molecule has 2 unspecified atom stereocenters. The molecule has 0 saturated heterocycles. The lowest BCUT2D eigenvalue weighted by Gasteiger charge is -2.24. The third kappa shape index (κ3) is 5.79. The van der Waals surface area contributed by atoms with Crippen molar-refractivity contribution >= 4 is 11.6 Å². The number of benzene rings is 1. The Morgan fingerprint density at radius 3 is 2.11 bits per heavy atom. The largest absolute Gasteiger partial charge is 0.393 e. The third-order valence-corrected chi connectivity index (χ3v) is 5.57. The van der Waals surface area contributed by atoms with Crippen LogP contribution in [0.5, 0.6) is 0 Å². The summed E-state index contributed by atoms with van der Waals surface area (Å²) in [5.74, 6) is -0.291. The minimum Gasteiger partial charge on any atom is -0.393 e. The maximum absolute atomic E-state index is 12.9. The highest BCUT2D eigenvalue weighted by atomic mass is 16.3. The summed E-state index contributed by atoms with van der Waals surface area (Å²) < 4.78 is 0. The SMILES string of the molecule is CCCCCCCCCCCCN1C(=O)C(O)(CC(C)O)c2ccccc21. The van der Waals surface area contributed by atoms with Gasteiger partial charge in [-0.05, 0) is 19.4 Å². The molecule has 0 radical (unpaired) electrons. The first-order valence-electron chi connectivity index (χ1n) is 10.8. The van der Waals surface area contributed by atoms with Gasteiger partial charge >= 0.3 is 0 Å². The highest BCUT2D eigenvalue weighted by molar-refractivity contribution is 6.06. The van der Waals surface area contributed by atoms with Crippen LogP contribution < -0.4 is 4.90 Å². The summed E-state index contributed by atoms with van der Waals surface area (Å²) in [5.41, 5.74) is -0.173. The number of carbonyl (C=O) groups excluding carboxylic acids is 1. The van der Waals surface area contributed by atoms with Crippen molar-refractivity contribution in [3.8, 4) is 0 Å². The summed E-state index contributed by atoms with van der Waals surface area (Å²) in [5, 5.41) is 20.7. The zero-order valence-corrected chi connectivity index (χ0v) is 17.1. The van der Waals surface area contributed by atoms with E-state index in [4.69, 9.17) is 0 Å². The van der Waals surface area contributed by atoms with Crippen LogP contribution in [0.2, 0.25) is 0 Å². The molecule has 0 spiro atoms. The molecule has 1 heterocycles. The normalized spacial score (nSPS) is 20.1. The van der Waals surface area contributed by atoms with Gasteiger partial charge in [0.2, 0.25) is 0 Å². The summed E-state index contributed by atoms with van der Waals surface area (Å²) in [4.78, 5) is 14.6. The van der Waals surface area contributed by atoms with E-state index in [1.54, 1.807) is 17.9 Å². The van der Waals surface area contributed by atoms with Crippen molar-refractivity contribution in [3.05, 3.63) is 29.8 Å². The number of carbonyl (C=O) groups is 1. The number of hydrogen-bond acceptors (Lipinski definition) is 3. The zero-order chi connectivity index (χ0) is 19.7. The van der Waals surface area contributed by atoms with Crippen molar-refractivity contribution in [1.82, 2.24) is 0 Å². The molecular formula is C23H37NO3. The molecule has 2 rings (SSSR count). The minimum atomic E-state index is -1.59. The molecule has 2 N–H and O–H groups in total. The molecule has 1 amide bonds. The van der Waals surface area contributed by atoms with Crippen LogP contribution in [-0.2, 0) is 10.4 Å². The summed E-state index contributed by atoms with van der Waals surface area (Å²) in [6, 6.07) is 7.42. The summed E-state index contributed by atoms with van der Waals surface area (Å²) in [6.45, 7) is 4.49. The van der Waals surface area contributed by atoms with Gasteiger partial charge in [0, 0.05) is 18.5 Å². The second-order valence-corrected chi connectivity index (χ2v) is 8.07. The maximum Gasteiger partial charge on any atom is 0.263 e. The number of amides is 1. The van der Waals surface area contributed by atoms with Crippen LogP contribution in [0.1, 0.15) is 90.0 Å². The zero-order valence-electron chi connectivity index (χ0n) is 17.1. The minimum absolute atomic E-state index is 0.0391. The van der Waals surface area contributed by atoms with Gasteiger partial charge in [-0.1, -0.05) is 82.9 Å². The Balaban J connectivity index is 1.77. The molecule has 0 aromatic heterocycles. The van der Waals surface area contributed by atoms with Crippen molar-refractivity contribution in [1.29, 1.82) is 0 Å². The van der Waals surface area contributed by atoms with Gasteiger partial charge in [0.15, 0.2) is 5.60 Å². The number of anilines is 1. The van der Waals surface area contributed by atoms with Gasteiger partial charge in [-0.25, -0.2) is 0 Å². The van der Waals surface area contributed by atoms with Crippen LogP contribution in [0.15, 0.2) is 24.3 Å². The summed E-state index contributed by atoms with van der Waals surface area (Å²) >= 11 is 0. The van der Waals surface area contributed by atoms with E-state index in [1.807, 2.05) is 18.2 Å². The van der Waals surface area contributed by atoms with Crippen molar-refractivity contribution in [3.63, 3.8) is 0 Å². The predicted octanol–water partition coefficient (Wildman–Crippen LogP) is 4.91. The fraction of sp³-hybridized carbons (Fsp3) is 0.696. The first-order valence-corrected chi connectivity index (χ1v) is 10.8. The van der Waals surface area contributed by atoms with Gasteiger partial charge < -0.3 is 15.1 Å². The van der Waals surface area contributed by atoms with E-state index >= 15 is 0 Å². The first-order chi connectivity index (χ1) is 13.0. The molecule has 152 valence electrons. The van der Waals surface area contributed by atoms with Crippen molar-refractivity contribution in [2.75, 3.05) is 11.4 Å². The van der Waals surface area contributed by atoms with Crippen LogP contribution in [0.25, 0.3) is 0 Å². The van der Waals surface area contributed by atoms with Crippen LogP contribution in [0, 0.1) is 0 Å². The molecule has 4 heteroatoms. The van der Waals surface area contributed by atoms with Crippen LogP contribution >= 0.6 is 0 Å². The number of fused-ring (bicyclic) bond motifs is 1. The van der Waals surface area contributed by atoms with Crippen LogP contribution in [-0.4, -0.2) is 28.8 Å². The van der Waals surface area contributed by atoms with Gasteiger partial charge in [-0.2, -0.15) is 0 Å². The quantitative estimate of drug-likeness (QED) is 0.481. The fourth-order valence-electron chi connectivity index (χ4n) is 4.11. The Morgan fingerprint density at radius 2 is 1.52 bits per heavy atom. The van der Waals surface area contributed by atoms with E-state index in [0.29, 0.717) is 12.1 Å². The molecule has 27 heavy (non-hydrogen) atoms. The van der Waals surface area contributed by atoms with Gasteiger partial charge in [0.05, 0.1) is 11.8 Å². The highest BCUT2D eigenvalue weighted by Crippen LogP contribution is 2.42. The Morgan fingerprint density at radius 1 is 0.963 bits per heavy atom. The smallest absolute Gasteiger partial charge is 0.263 e. The average Bonchev–Trinajstić information content (AvgIpc) is 2.84. The van der Waals surface area contributed by atoms with E-state index in [2.05, 4.69) is 6.92 Å². The van der Waals surface area contributed by atoms with Crippen molar-refractivity contribution in [2.24, 2.45) is 0 Å². The standard InChI is InChI=1S/C23H37NO3/c1-3-4-5-6-7-8-9-10-11-14-17-24-21-16-13-12-15-20(21)23(27,22(24)26)18-19(2)25/h12-13,15-16,19,25,27H,3-11,14,17-18H2,1-2H3. The van der Waals surface area contributed by atoms with Crippen molar-refractivity contribution in [2.45, 2.75) is 96.2 Å². The monoisotopic (exact) mass is 375 g/mol. The Labute approximate surface area is 164 Å². The lowest BCUT2D eigenvalue weighted by molar-refractivity contribution is -0.139. The number of unbranched alkanes of at least 4 members (excludes halogenated alkanes) is 9. The van der Waals surface area contributed by atoms with E-state index in [9.17, 15) is 15.0 Å². The van der Waals surface area contributed by atoms with E-state index in [-0.39, 0.29) is 12.3 Å².